The van der Waals surface area contributed by atoms with Gasteiger partial charge in [-0.3, -0.25) is 9.59 Å². The minimum atomic E-state index is -3.67. The van der Waals surface area contributed by atoms with E-state index in [9.17, 15) is 18.0 Å². The molecule has 1 aromatic carbocycles. The Kier molecular flexibility index (Phi) is 8.03. The van der Waals surface area contributed by atoms with Gasteiger partial charge in [0.15, 0.2) is 0 Å². The van der Waals surface area contributed by atoms with Crippen LogP contribution in [0, 0.1) is 0 Å². The second-order valence-corrected chi connectivity index (χ2v) is 9.58. The lowest BCUT2D eigenvalue weighted by molar-refractivity contribution is 0.101. The van der Waals surface area contributed by atoms with E-state index in [1.165, 1.54) is 33.3 Å². The van der Waals surface area contributed by atoms with Gasteiger partial charge in [0.2, 0.25) is 10.0 Å². The number of carbonyl (C=O) groups is 1. The van der Waals surface area contributed by atoms with Crippen LogP contribution in [0.5, 0.6) is 5.75 Å². The molecule has 1 fully saturated rings. The molecular weight excluding hydrogens is 432 g/mol. The highest BCUT2D eigenvalue weighted by atomic mass is 32.2. The van der Waals surface area contributed by atoms with Gasteiger partial charge in [0.05, 0.1) is 17.2 Å². The van der Waals surface area contributed by atoms with Crippen molar-refractivity contribution in [3.05, 3.63) is 46.4 Å². The van der Waals surface area contributed by atoms with E-state index in [0.717, 1.165) is 32.1 Å². The second kappa shape index (κ2) is 10.7. The zero-order valence-electron chi connectivity index (χ0n) is 18.5. The number of aryl methyl sites for hydroxylation is 1. The maximum atomic E-state index is 13.1. The van der Waals surface area contributed by atoms with E-state index in [1.54, 1.807) is 13.0 Å². The average Bonchev–Trinajstić information content (AvgIpc) is 2.80. The third-order valence-electron chi connectivity index (χ3n) is 5.27. The summed E-state index contributed by atoms with van der Waals surface area (Å²) < 4.78 is 34.5. The van der Waals surface area contributed by atoms with E-state index in [2.05, 4.69) is 10.4 Å². The van der Waals surface area contributed by atoms with Gasteiger partial charge in [-0.15, -0.1) is 0 Å². The Balaban J connectivity index is 1.90. The summed E-state index contributed by atoms with van der Waals surface area (Å²) in [6.45, 7) is 5.54. The first-order chi connectivity index (χ1) is 15.4. The molecule has 0 radical (unpaired) electrons. The van der Waals surface area contributed by atoms with Crippen molar-refractivity contribution in [1.29, 1.82) is 0 Å². The quantitative estimate of drug-likeness (QED) is 0.614. The second-order valence-electron chi connectivity index (χ2n) is 7.64. The molecule has 32 heavy (non-hydrogen) atoms. The molecule has 1 aromatic heterocycles. The molecule has 2 heterocycles. The highest BCUT2D eigenvalue weighted by Gasteiger charge is 2.27. The molecule has 0 spiro atoms. The van der Waals surface area contributed by atoms with Crippen LogP contribution in [-0.4, -0.2) is 48.1 Å². The third kappa shape index (κ3) is 5.55. The van der Waals surface area contributed by atoms with Crippen LogP contribution < -0.4 is 15.6 Å². The van der Waals surface area contributed by atoms with Gasteiger partial charge in [0.25, 0.3) is 11.5 Å². The number of hydrogen-bond donors (Lipinski definition) is 1. The standard InChI is InChI=1S/C22H30N4O5S/c1-3-5-15-26-21(27)12-10-18(24-26)22(28)23-19-16-17(9-11-20(19)31-4-2)32(29,30)25-13-7-6-8-14-25/h9-12,16H,3-8,13-15H2,1-2H3,(H,23,28). The van der Waals surface area contributed by atoms with E-state index < -0.39 is 15.9 Å². The van der Waals surface area contributed by atoms with Crippen molar-refractivity contribution in [2.45, 2.75) is 57.4 Å². The zero-order valence-corrected chi connectivity index (χ0v) is 19.4. The van der Waals surface area contributed by atoms with Crippen molar-refractivity contribution in [2.75, 3.05) is 25.0 Å². The molecule has 0 bridgehead atoms. The SMILES string of the molecule is CCCCn1nc(C(=O)Nc2cc(S(=O)(=O)N3CCCCC3)ccc2OCC)ccc1=O. The van der Waals surface area contributed by atoms with Gasteiger partial charge in [0, 0.05) is 25.7 Å². The zero-order chi connectivity index (χ0) is 23.1. The average molecular weight is 463 g/mol. The number of unbranched alkanes of at least 4 members (excludes halogenated alkanes) is 1. The molecule has 0 aliphatic carbocycles. The van der Waals surface area contributed by atoms with Crippen LogP contribution >= 0.6 is 0 Å². The number of ether oxygens (including phenoxy) is 1. The van der Waals surface area contributed by atoms with E-state index in [0.29, 0.717) is 32.0 Å². The molecule has 9 nitrogen and oxygen atoms in total. The Morgan fingerprint density at radius 2 is 1.88 bits per heavy atom. The predicted molar refractivity (Wildman–Crippen MR) is 122 cm³/mol. The Hall–Kier alpha value is -2.72. The largest absolute Gasteiger partial charge is 0.492 e. The number of rotatable bonds is 9. The fourth-order valence-electron chi connectivity index (χ4n) is 3.53. The van der Waals surface area contributed by atoms with Gasteiger partial charge in [-0.2, -0.15) is 9.40 Å². The van der Waals surface area contributed by atoms with Crippen LogP contribution in [0.3, 0.4) is 0 Å². The van der Waals surface area contributed by atoms with Gasteiger partial charge >= 0.3 is 0 Å². The van der Waals surface area contributed by atoms with Crippen molar-refractivity contribution in [1.82, 2.24) is 14.1 Å². The molecule has 0 saturated carbocycles. The number of nitrogens with one attached hydrogen (secondary N) is 1. The van der Waals surface area contributed by atoms with Crippen LogP contribution in [0.1, 0.15) is 56.4 Å². The van der Waals surface area contributed by atoms with E-state index in [1.807, 2.05) is 6.92 Å². The first kappa shape index (κ1) is 23.9. The van der Waals surface area contributed by atoms with Gasteiger partial charge in [-0.05, 0) is 50.5 Å². The van der Waals surface area contributed by atoms with Crippen molar-refractivity contribution >= 4 is 21.6 Å². The normalized spacial score (nSPS) is 14.8. The lowest BCUT2D eigenvalue weighted by Crippen LogP contribution is -2.35. The van der Waals surface area contributed by atoms with Crippen LogP contribution in [0.25, 0.3) is 0 Å². The number of amides is 1. The lowest BCUT2D eigenvalue weighted by atomic mass is 10.2. The summed E-state index contributed by atoms with van der Waals surface area (Å²) in [5, 5.41) is 6.86. The van der Waals surface area contributed by atoms with E-state index in [-0.39, 0.29) is 21.8 Å². The fraction of sp³-hybridized carbons (Fsp3) is 0.500. The number of anilines is 1. The first-order valence-electron chi connectivity index (χ1n) is 11.0. The number of sulfonamides is 1. The van der Waals surface area contributed by atoms with Crippen LogP contribution in [0.2, 0.25) is 0 Å². The maximum Gasteiger partial charge on any atom is 0.276 e. The highest BCUT2D eigenvalue weighted by Crippen LogP contribution is 2.30. The topological polar surface area (TPSA) is 111 Å². The lowest BCUT2D eigenvalue weighted by Gasteiger charge is -2.26. The molecule has 1 N–H and O–H groups in total. The number of nitrogens with zero attached hydrogens (tertiary/aromatic N) is 3. The molecule has 1 amide bonds. The minimum Gasteiger partial charge on any atom is -0.492 e. The fourth-order valence-corrected chi connectivity index (χ4v) is 5.07. The summed E-state index contributed by atoms with van der Waals surface area (Å²) in [5.74, 6) is -0.193. The number of carbonyl (C=O) groups excluding carboxylic acids is 1. The molecule has 2 aromatic rings. The summed E-state index contributed by atoms with van der Waals surface area (Å²) in [4.78, 5) is 24.9. The van der Waals surface area contributed by atoms with Gasteiger partial charge < -0.3 is 10.1 Å². The summed E-state index contributed by atoms with van der Waals surface area (Å²) in [6, 6.07) is 7.12. The number of piperidine rings is 1. The summed E-state index contributed by atoms with van der Waals surface area (Å²) in [6.07, 6.45) is 4.34. The molecule has 1 aliphatic heterocycles. The monoisotopic (exact) mass is 462 g/mol. The molecule has 1 aliphatic rings. The number of aromatic nitrogens is 2. The molecule has 3 rings (SSSR count). The molecule has 0 unspecified atom stereocenters. The van der Waals surface area contributed by atoms with Crippen molar-refractivity contribution in [3.8, 4) is 5.75 Å². The Morgan fingerprint density at radius 1 is 1.12 bits per heavy atom. The van der Waals surface area contributed by atoms with Crippen molar-refractivity contribution < 1.29 is 17.9 Å². The molecule has 174 valence electrons. The Morgan fingerprint density at radius 3 is 2.56 bits per heavy atom. The van der Waals surface area contributed by atoms with Gasteiger partial charge in [-0.1, -0.05) is 19.8 Å². The molecule has 10 heteroatoms. The van der Waals surface area contributed by atoms with E-state index >= 15 is 0 Å². The summed E-state index contributed by atoms with van der Waals surface area (Å²) >= 11 is 0. The molecular formula is C22H30N4O5S. The Bertz CT molecular complexity index is 1110. The molecule has 0 atom stereocenters. The van der Waals surface area contributed by atoms with Crippen LogP contribution in [0.4, 0.5) is 5.69 Å². The summed E-state index contributed by atoms with van der Waals surface area (Å²) in [7, 11) is -3.67. The smallest absolute Gasteiger partial charge is 0.276 e. The third-order valence-corrected chi connectivity index (χ3v) is 7.17. The predicted octanol–water partition coefficient (Wildman–Crippen LogP) is 2.87. The van der Waals surface area contributed by atoms with Crippen LogP contribution in [0.15, 0.2) is 40.0 Å². The van der Waals surface area contributed by atoms with Crippen molar-refractivity contribution in [3.63, 3.8) is 0 Å². The first-order valence-corrected chi connectivity index (χ1v) is 12.5. The van der Waals surface area contributed by atoms with E-state index in [4.69, 9.17) is 4.74 Å². The minimum absolute atomic E-state index is 0.0624. The van der Waals surface area contributed by atoms with Crippen LogP contribution in [-0.2, 0) is 16.6 Å². The van der Waals surface area contributed by atoms with Crippen molar-refractivity contribution in [2.24, 2.45) is 0 Å². The molecule has 1 saturated heterocycles. The van der Waals surface area contributed by atoms with Gasteiger partial charge in [0.1, 0.15) is 11.4 Å². The Labute approximate surface area is 188 Å². The maximum absolute atomic E-state index is 13.1. The number of hydrogen-bond acceptors (Lipinski definition) is 6. The highest BCUT2D eigenvalue weighted by molar-refractivity contribution is 7.89. The number of benzene rings is 1. The van der Waals surface area contributed by atoms with Gasteiger partial charge in [-0.25, -0.2) is 13.1 Å². The summed E-state index contributed by atoms with van der Waals surface area (Å²) in [5.41, 5.74) is 0.0233.